The third-order valence-corrected chi connectivity index (χ3v) is 5.06. The van der Waals surface area contributed by atoms with E-state index in [2.05, 4.69) is 30.4 Å². The Morgan fingerprint density at radius 2 is 2.19 bits per heavy atom. The maximum absolute atomic E-state index is 12.4. The van der Waals surface area contributed by atoms with Gasteiger partial charge in [0.15, 0.2) is 11.2 Å². The number of nitrogens with one attached hydrogen (secondary N) is 2. The van der Waals surface area contributed by atoms with Crippen LogP contribution in [-0.2, 0) is 15.1 Å². The number of nitrogens with zero attached hydrogens (tertiary/aromatic N) is 4. The van der Waals surface area contributed by atoms with Crippen LogP contribution in [0.15, 0.2) is 36.4 Å². The highest BCUT2D eigenvalue weighted by Crippen LogP contribution is 2.45. The van der Waals surface area contributed by atoms with Crippen LogP contribution in [0.2, 0.25) is 0 Å². The van der Waals surface area contributed by atoms with E-state index in [0.717, 1.165) is 31.9 Å². The van der Waals surface area contributed by atoms with E-state index in [1.165, 1.54) is 6.33 Å². The van der Waals surface area contributed by atoms with Crippen molar-refractivity contribution in [3.05, 3.63) is 42.1 Å². The second-order valence-corrected chi connectivity index (χ2v) is 6.35. The summed E-state index contributed by atoms with van der Waals surface area (Å²) in [5.74, 6) is -1.17. The molecule has 2 unspecified atom stereocenters. The van der Waals surface area contributed by atoms with Gasteiger partial charge >= 0.3 is 0 Å². The number of hydrogen-bond acceptors (Lipinski definition) is 7. The molecule has 2 aromatic heterocycles. The summed E-state index contributed by atoms with van der Waals surface area (Å²) in [5, 5.41) is 11.0. The summed E-state index contributed by atoms with van der Waals surface area (Å²) >= 11 is 0. The molecule has 1 aliphatic carbocycles. The first kappa shape index (κ1) is 16.7. The number of aromatic amines is 1. The molecule has 0 aromatic carbocycles. The number of allylic oxidation sites excluding steroid dienone is 2. The second kappa shape index (κ2) is 6.50. The molecule has 2 aromatic rings. The van der Waals surface area contributed by atoms with Crippen LogP contribution in [0.25, 0.3) is 11.0 Å². The highest BCUT2D eigenvalue weighted by molar-refractivity contribution is 5.85. The van der Waals surface area contributed by atoms with Crippen molar-refractivity contribution >= 4 is 16.9 Å². The topological polar surface area (TPSA) is 122 Å². The van der Waals surface area contributed by atoms with Crippen LogP contribution in [0.4, 0.5) is 0 Å². The Kier molecular flexibility index (Phi) is 4.17. The van der Waals surface area contributed by atoms with Crippen molar-refractivity contribution in [2.75, 3.05) is 33.3 Å². The van der Waals surface area contributed by atoms with Crippen molar-refractivity contribution in [3.63, 3.8) is 0 Å². The number of amides is 1. The lowest BCUT2D eigenvalue weighted by atomic mass is 9.76. The first-order valence-corrected chi connectivity index (χ1v) is 8.52. The summed E-state index contributed by atoms with van der Waals surface area (Å²) in [7, 11) is 1.58. The van der Waals surface area contributed by atoms with Gasteiger partial charge in [-0.25, -0.2) is 9.97 Å². The number of carbonyl (C=O) groups is 1. The lowest BCUT2D eigenvalue weighted by Gasteiger charge is -2.45. The Balaban J connectivity index is 1.95. The van der Waals surface area contributed by atoms with Crippen LogP contribution in [-0.4, -0.2) is 64.3 Å². The van der Waals surface area contributed by atoms with E-state index in [4.69, 9.17) is 10.5 Å². The molecule has 0 radical (unpaired) electrons. The van der Waals surface area contributed by atoms with Crippen LogP contribution in [0.3, 0.4) is 0 Å². The zero-order chi connectivity index (χ0) is 18.1. The van der Waals surface area contributed by atoms with Crippen LogP contribution in [0.5, 0.6) is 0 Å². The molecular weight excluding hydrogens is 334 g/mol. The summed E-state index contributed by atoms with van der Waals surface area (Å²) in [5.41, 5.74) is 6.67. The Bertz CT molecular complexity index is 884. The number of aromatic nitrogens is 4. The Morgan fingerprint density at radius 1 is 1.38 bits per heavy atom. The minimum atomic E-state index is -1.14. The molecule has 9 nitrogen and oxygen atoms in total. The minimum Gasteiger partial charge on any atom is -0.370 e. The van der Waals surface area contributed by atoms with Crippen molar-refractivity contribution in [3.8, 4) is 0 Å². The van der Waals surface area contributed by atoms with Gasteiger partial charge in [-0.3, -0.25) is 9.89 Å². The summed E-state index contributed by atoms with van der Waals surface area (Å²) in [6.45, 7) is 3.31. The van der Waals surface area contributed by atoms with Crippen LogP contribution in [0, 0.1) is 5.92 Å². The molecule has 9 heteroatoms. The van der Waals surface area contributed by atoms with Gasteiger partial charge in [0.25, 0.3) is 0 Å². The molecule has 2 atom stereocenters. The van der Waals surface area contributed by atoms with Crippen molar-refractivity contribution in [2.24, 2.45) is 11.7 Å². The Morgan fingerprint density at radius 3 is 2.92 bits per heavy atom. The number of primary amides is 1. The molecular formula is C17H21N7O2. The molecule has 4 N–H and O–H groups in total. The first-order valence-electron chi connectivity index (χ1n) is 8.52. The first-order chi connectivity index (χ1) is 12.7. The number of H-pyrrole nitrogens is 1. The molecule has 0 saturated carbocycles. The standard InChI is InChI=1S/C17H21N7O2/c1-26-17(14-11-9-22-23-16(11)21-10-20-14)12(15(18)25)3-2-4-13(17)24-7-5-19-6-8-24/h2-4,9-10,12,19H,5-8H2,1H3,(H2,18,25)(H,20,21,22,23). The van der Waals surface area contributed by atoms with Gasteiger partial charge < -0.3 is 20.7 Å². The number of rotatable bonds is 4. The fourth-order valence-electron chi connectivity index (χ4n) is 3.88. The third kappa shape index (κ3) is 2.39. The number of fused-ring (bicyclic) bond motifs is 1. The van der Waals surface area contributed by atoms with Gasteiger partial charge in [-0.05, 0) is 6.08 Å². The molecule has 3 heterocycles. The molecule has 1 fully saturated rings. The monoisotopic (exact) mass is 355 g/mol. The predicted molar refractivity (Wildman–Crippen MR) is 94.7 cm³/mol. The molecule has 4 rings (SSSR count). The normalized spacial score (nSPS) is 26.1. The summed E-state index contributed by atoms with van der Waals surface area (Å²) in [6.07, 6.45) is 8.70. The van der Waals surface area contributed by atoms with Gasteiger partial charge in [-0.2, -0.15) is 5.10 Å². The zero-order valence-electron chi connectivity index (χ0n) is 14.5. The average molecular weight is 355 g/mol. The van der Waals surface area contributed by atoms with E-state index in [1.54, 1.807) is 19.4 Å². The van der Waals surface area contributed by atoms with Crippen molar-refractivity contribution < 1.29 is 9.53 Å². The van der Waals surface area contributed by atoms with E-state index < -0.39 is 17.4 Å². The number of piperazine rings is 1. The molecule has 1 amide bonds. The van der Waals surface area contributed by atoms with Gasteiger partial charge in [-0.1, -0.05) is 12.2 Å². The molecule has 0 bridgehead atoms. The van der Waals surface area contributed by atoms with Crippen molar-refractivity contribution in [1.29, 1.82) is 0 Å². The van der Waals surface area contributed by atoms with Crippen molar-refractivity contribution in [2.45, 2.75) is 5.60 Å². The van der Waals surface area contributed by atoms with Gasteiger partial charge in [0.05, 0.1) is 28.9 Å². The maximum Gasteiger partial charge on any atom is 0.228 e. The Hall–Kier alpha value is -2.78. The molecule has 1 saturated heterocycles. The predicted octanol–water partition coefficient (Wildman–Crippen LogP) is -0.345. The maximum atomic E-state index is 12.4. The quantitative estimate of drug-likeness (QED) is 0.685. The fourth-order valence-corrected chi connectivity index (χ4v) is 3.88. The molecule has 1 aliphatic heterocycles. The number of carbonyl (C=O) groups excluding carboxylic acids is 1. The van der Waals surface area contributed by atoms with Crippen LogP contribution < -0.4 is 11.1 Å². The highest BCUT2D eigenvalue weighted by Gasteiger charge is 2.51. The second-order valence-electron chi connectivity index (χ2n) is 6.35. The number of hydrogen-bond donors (Lipinski definition) is 3. The van der Waals surface area contributed by atoms with Gasteiger partial charge in [0.1, 0.15) is 6.33 Å². The van der Waals surface area contributed by atoms with E-state index in [9.17, 15) is 4.79 Å². The number of ether oxygens (including phenoxy) is 1. The zero-order valence-corrected chi connectivity index (χ0v) is 14.5. The fraction of sp³-hybridized carbons (Fsp3) is 0.412. The summed E-state index contributed by atoms with van der Waals surface area (Å²) in [4.78, 5) is 23.3. The lowest BCUT2D eigenvalue weighted by molar-refractivity contribution is -0.131. The van der Waals surface area contributed by atoms with Crippen LogP contribution in [0.1, 0.15) is 5.69 Å². The highest BCUT2D eigenvalue weighted by atomic mass is 16.5. The number of methoxy groups -OCH3 is 1. The molecule has 136 valence electrons. The van der Waals surface area contributed by atoms with Crippen molar-refractivity contribution in [1.82, 2.24) is 30.4 Å². The average Bonchev–Trinajstić information content (AvgIpc) is 3.16. The van der Waals surface area contributed by atoms with Gasteiger partial charge in [0, 0.05) is 33.3 Å². The molecule has 2 aliphatic rings. The van der Waals surface area contributed by atoms with Gasteiger partial charge in [0.2, 0.25) is 5.91 Å². The van der Waals surface area contributed by atoms with Gasteiger partial charge in [-0.15, -0.1) is 0 Å². The SMILES string of the molecule is COC1(c2ncnc3[nH]ncc23)C(N2CCNCC2)=CC=CC1C(N)=O. The summed E-state index contributed by atoms with van der Waals surface area (Å²) in [6, 6.07) is 0. The van der Waals surface area contributed by atoms with E-state index in [1.807, 2.05) is 12.2 Å². The van der Waals surface area contributed by atoms with E-state index in [0.29, 0.717) is 16.7 Å². The third-order valence-electron chi connectivity index (χ3n) is 5.06. The summed E-state index contributed by atoms with van der Waals surface area (Å²) < 4.78 is 6.07. The largest absolute Gasteiger partial charge is 0.370 e. The number of nitrogens with two attached hydrogens (primary N) is 1. The van der Waals surface area contributed by atoms with E-state index in [-0.39, 0.29) is 0 Å². The molecule has 26 heavy (non-hydrogen) atoms. The van der Waals surface area contributed by atoms with Crippen LogP contribution >= 0.6 is 0 Å². The van der Waals surface area contributed by atoms with E-state index >= 15 is 0 Å². The molecule has 0 spiro atoms. The smallest absolute Gasteiger partial charge is 0.228 e. The lowest BCUT2D eigenvalue weighted by Crippen LogP contribution is -2.54. The minimum absolute atomic E-state index is 0.473. The Labute approximate surface area is 150 Å².